The second-order valence-corrected chi connectivity index (χ2v) is 8.81. The normalized spacial score (nSPS) is 10.8. The number of carbonyl (C=O) groups excluding carboxylic acids is 1. The molecule has 0 unspecified atom stereocenters. The third-order valence-electron chi connectivity index (χ3n) is 5.87. The van der Waals surface area contributed by atoms with Crippen molar-refractivity contribution in [2.45, 2.75) is 13.0 Å². The monoisotopic (exact) mass is 537 g/mol. The van der Waals surface area contributed by atoms with E-state index in [-0.39, 0.29) is 30.7 Å². The molecule has 0 aliphatic heterocycles. The summed E-state index contributed by atoms with van der Waals surface area (Å²) in [6.07, 6.45) is 2.71. The van der Waals surface area contributed by atoms with Crippen LogP contribution in [-0.2, 0) is 6.54 Å². The highest BCUT2D eigenvalue weighted by Gasteiger charge is 2.11. The first-order chi connectivity index (χ1) is 17.1. The summed E-state index contributed by atoms with van der Waals surface area (Å²) >= 11 is 0. The first-order valence-electron chi connectivity index (χ1n) is 11.6. The maximum atomic E-state index is 12.4. The number of amides is 1. The fourth-order valence-corrected chi connectivity index (χ4v) is 4.01. The molecular formula is C27H29Cl2N7O. The van der Waals surface area contributed by atoms with E-state index in [2.05, 4.69) is 43.7 Å². The fraction of sp³-hybridized carbons (Fsp3) is 0.222. The molecule has 0 radical (unpaired) electrons. The summed E-state index contributed by atoms with van der Waals surface area (Å²) in [6.45, 7) is 2.16. The predicted octanol–water partition coefficient (Wildman–Crippen LogP) is 4.61. The molecule has 0 atom stereocenters. The van der Waals surface area contributed by atoms with Gasteiger partial charge in [-0.3, -0.25) is 9.78 Å². The van der Waals surface area contributed by atoms with E-state index >= 15 is 0 Å². The smallest absolute Gasteiger partial charge is 0.251 e. The molecule has 0 saturated carbocycles. The Labute approximate surface area is 227 Å². The second kappa shape index (κ2) is 12.6. The molecule has 2 aromatic carbocycles. The Balaban J connectivity index is 0.00000190. The molecule has 192 valence electrons. The molecule has 0 bridgehead atoms. The molecule has 0 spiro atoms. The van der Waals surface area contributed by atoms with Gasteiger partial charge in [-0.15, -0.1) is 29.9 Å². The van der Waals surface area contributed by atoms with Crippen LogP contribution in [-0.4, -0.2) is 63.0 Å². The van der Waals surface area contributed by atoms with Crippen molar-refractivity contribution >= 4 is 52.8 Å². The van der Waals surface area contributed by atoms with Crippen molar-refractivity contribution in [3.63, 3.8) is 0 Å². The number of nitrogens with one attached hydrogen (secondary N) is 1. The highest BCUT2D eigenvalue weighted by atomic mass is 35.5. The average molecular weight is 538 g/mol. The molecular weight excluding hydrogens is 509 g/mol. The largest absolute Gasteiger partial charge is 0.352 e. The second-order valence-electron chi connectivity index (χ2n) is 8.81. The molecule has 8 nitrogen and oxygen atoms in total. The molecule has 10 heteroatoms. The summed E-state index contributed by atoms with van der Waals surface area (Å²) < 4.78 is 1.81. The summed E-state index contributed by atoms with van der Waals surface area (Å²) in [5, 5.41) is 12.7. The molecule has 3 heterocycles. The first kappa shape index (κ1) is 28.0. The Bertz CT molecular complexity index is 1490. The molecule has 0 aliphatic rings. The first-order valence-corrected chi connectivity index (χ1v) is 11.6. The van der Waals surface area contributed by atoms with E-state index in [0.717, 1.165) is 51.9 Å². The predicted molar refractivity (Wildman–Crippen MR) is 152 cm³/mol. The lowest BCUT2D eigenvalue weighted by Crippen LogP contribution is -2.27. The number of fused-ring (bicyclic) bond motifs is 2. The van der Waals surface area contributed by atoms with Gasteiger partial charge in [0, 0.05) is 29.3 Å². The van der Waals surface area contributed by atoms with Crippen molar-refractivity contribution in [3.8, 4) is 11.3 Å². The fourth-order valence-electron chi connectivity index (χ4n) is 4.01. The van der Waals surface area contributed by atoms with E-state index in [4.69, 9.17) is 4.98 Å². The van der Waals surface area contributed by atoms with Gasteiger partial charge in [0.15, 0.2) is 5.65 Å². The lowest BCUT2D eigenvalue weighted by molar-refractivity contribution is 0.0952. The maximum Gasteiger partial charge on any atom is 0.251 e. The van der Waals surface area contributed by atoms with Crippen molar-refractivity contribution in [1.82, 2.24) is 35.2 Å². The summed E-state index contributed by atoms with van der Waals surface area (Å²) in [5.41, 5.74) is 5.90. The van der Waals surface area contributed by atoms with Gasteiger partial charge in [0.05, 0.1) is 17.8 Å². The van der Waals surface area contributed by atoms with E-state index in [1.807, 2.05) is 67.3 Å². The van der Waals surface area contributed by atoms with Crippen molar-refractivity contribution in [2.75, 3.05) is 27.2 Å². The minimum atomic E-state index is -0.0634. The van der Waals surface area contributed by atoms with Crippen LogP contribution in [0, 0.1) is 0 Å². The van der Waals surface area contributed by atoms with Crippen LogP contribution in [0.15, 0.2) is 72.9 Å². The van der Waals surface area contributed by atoms with E-state index in [1.54, 1.807) is 6.20 Å². The van der Waals surface area contributed by atoms with Crippen LogP contribution in [0.5, 0.6) is 0 Å². The number of benzene rings is 2. The van der Waals surface area contributed by atoms with Gasteiger partial charge in [0.1, 0.15) is 5.52 Å². The van der Waals surface area contributed by atoms with Gasteiger partial charge in [-0.25, -0.2) is 9.67 Å². The van der Waals surface area contributed by atoms with Crippen molar-refractivity contribution in [2.24, 2.45) is 0 Å². The highest BCUT2D eigenvalue weighted by Crippen LogP contribution is 2.22. The summed E-state index contributed by atoms with van der Waals surface area (Å²) in [4.78, 5) is 23.7. The van der Waals surface area contributed by atoms with E-state index in [0.29, 0.717) is 18.7 Å². The number of aromatic nitrogens is 5. The van der Waals surface area contributed by atoms with Crippen molar-refractivity contribution in [1.29, 1.82) is 0 Å². The topological polar surface area (TPSA) is 88.8 Å². The number of hydrogen-bond donors (Lipinski definition) is 1. The Kier molecular flexibility index (Phi) is 9.52. The SMILES string of the molecule is CN(C)CCCNC(=O)c1ccc(-c2ccc3nnn(Cc4ccc5ncccc5c4)c3n2)cc1.Cl.Cl. The number of pyridine rings is 2. The average Bonchev–Trinajstić information content (AvgIpc) is 3.28. The highest BCUT2D eigenvalue weighted by molar-refractivity contribution is 5.94. The van der Waals surface area contributed by atoms with Crippen LogP contribution in [0.3, 0.4) is 0 Å². The van der Waals surface area contributed by atoms with Crippen LogP contribution < -0.4 is 5.32 Å². The number of halogens is 2. The molecule has 0 fully saturated rings. The standard InChI is InChI=1S/C27H27N7O.2ClH/c1-33(2)16-4-15-29-27(35)21-9-7-20(8-10-21)24-12-13-25-26(30-24)34(32-31-25)18-19-6-11-23-22(17-19)5-3-14-28-23;;/h3,5-14,17H,4,15-16,18H2,1-2H3,(H,29,35);2*1H. The lowest BCUT2D eigenvalue weighted by Gasteiger charge is -2.10. The van der Waals surface area contributed by atoms with Crippen LogP contribution >= 0.6 is 24.8 Å². The molecule has 5 aromatic rings. The number of rotatable bonds is 8. The molecule has 37 heavy (non-hydrogen) atoms. The maximum absolute atomic E-state index is 12.4. The quantitative estimate of drug-likeness (QED) is 0.290. The van der Waals surface area contributed by atoms with E-state index in [1.165, 1.54) is 0 Å². The zero-order chi connectivity index (χ0) is 24.2. The minimum Gasteiger partial charge on any atom is -0.352 e. The molecule has 1 amide bonds. The molecule has 0 saturated heterocycles. The summed E-state index contributed by atoms with van der Waals surface area (Å²) in [7, 11) is 4.05. The summed E-state index contributed by atoms with van der Waals surface area (Å²) in [6, 6.07) is 21.5. The number of hydrogen-bond acceptors (Lipinski definition) is 6. The van der Waals surface area contributed by atoms with Crippen molar-refractivity contribution < 1.29 is 4.79 Å². The van der Waals surface area contributed by atoms with Gasteiger partial charge in [-0.2, -0.15) is 0 Å². The van der Waals surface area contributed by atoms with Gasteiger partial charge in [-0.1, -0.05) is 29.5 Å². The van der Waals surface area contributed by atoms with Crippen LogP contribution in [0.1, 0.15) is 22.3 Å². The number of nitrogens with zero attached hydrogens (tertiary/aromatic N) is 6. The Hall–Kier alpha value is -3.59. The van der Waals surface area contributed by atoms with E-state index < -0.39 is 0 Å². The van der Waals surface area contributed by atoms with Gasteiger partial charge in [-0.05, 0) is 75.1 Å². The van der Waals surface area contributed by atoms with Gasteiger partial charge >= 0.3 is 0 Å². The van der Waals surface area contributed by atoms with Gasteiger partial charge in [0.2, 0.25) is 0 Å². The third-order valence-corrected chi connectivity index (χ3v) is 5.87. The number of carbonyl (C=O) groups is 1. The van der Waals surface area contributed by atoms with E-state index in [9.17, 15) is 4.79 Å². The van der Waals surface area contributed by atoms with Gasteiger partial charge < -0.3 is 10.2 Å². The zero-order valence-corrected chi connectivity index (χ0v) is 22.3. The van der Waals surface area contributed by atoms with Crippen molar-refractivity contribution in [3.05, 3.63) is 84.1 Å². The van der Waals surface area contributed by atoms with Crippen LogP contribution in [0.25, 0.3) is 33.3 Å². The van der Waals surface area contributed by atoms with Crippen LogP contribution in [0.2, 0.25) is 0 Å². The Morgan fingerprint density at radius 1 is 0.973 bits per heavy atom. The molecule has 3 aromatic heterocycles. The Morgan fingerprint density at radius 2 is 1.76 bits per heavy atom. The lowest BCUT2D eigenvalue weighted by atomic mass is 10.1. The van der Waals surface area contributed by atoms with Gasteiger partial charge in [0.25, 0.3) is 5.91 Å². The summed E-state index contributed by atoms with van der Waals surface area (Å²) in [5.74, 6) is -0.0634. The third kappa shape index (κ3) is 6.60. The molecule has 1 N–H and O–H groups in total. The molecule has 0 aliphatic carbocycles. The Morgan fingerprint density at radius 3 is 2.54 bits per heavy atom. The zero-order valence-electron chi connectivity index (χ0n) is 20.7. The van der Waals surface area contributed by atoms with Crippen LogP contribution in [0.4, 0.5) is 0 Å². The molecule has 5 rings (SSSR count). The minimum absolute atomic E-state index is 0.